The quantitative estimate of drug-likeness (QED) is 0.753. The van der Waals surface area contributed by atoms with E-state index in [1.165, 1.54) is 4.31 Å². The second-order valence-corrected chi connectivity index (χ2v) is 7.79. The SMILES string of the molecule is CCN(CC)S(=O)(=O)NCC(c1ccccc1Cl)N1CCOCC1. The second-order valence-electron chi connectivity index (χ2n) is 5.62. The van der Waals surface area contributed by atoms with Crippen molar-refractivity contribution in [2.24, 2.45) is 0 Å². The summed E-state index contributed by atoms with van der Waals surface area (Å²) in [6.45, 7) is 7.62. The van der Waals surface area contributed by atoms with E-state index in [9.17, 15) is 8.42 Å². The lowest BCUT2D eigenvalue weighted by Crippen LogP contribution is -2.47. The average molecular weight is 376 g/mol. The molecule has 1 saturated heterocycles. The monoisotopic (exact) mass is 375 g/mol. The Labute approximate surface area is 149 Å². The molecule has 0 bridgehead atoms. The topological polar surface area (TPSA) is 61.9 Å². The maximum atomic E-state index is 12.4. The van der Waals surface area contributed by atoms with E-state index < -0.39 is 10.2 Å². The fraction of sp³-hybridized carbons (Fsp3) is 0.625. The van der Waals surface area contributed by atoms with E-state index in [4.69, 9.17) is 16.3 Å². The lowest BCUT2D eigenvalue weighted by atomic mass is 10.0. The molecule has 1 atom stereocenters. The van der Waals surface area contributed by atoms with Gasteiger partial charge in [-0.15, -0.1) is 0 Å². The lowest BCUT2D eigenvalue weighted by molar-refractivity contribution is 0.0171. The molecule has 1 aromatic carbocycles. The Kier molecular flexibility index (Phi) is 7.46. The van der Waals surface area contributed by atoms with Gasteiger partial charge in [-0.25, -0.2) is 4.72 Å². The summed E-state index contributed by atoms with van der Waals surface area (Å²) in [5.41, 5.74) is 0.934. The molecule has 1 heterocycles. The van der Waals surface area contributed by atoms with Crippen LogP contribution in [0.5, 0.6) is 0 Å². The standard InChI is InChI=1S/C16H26ClN3O3S/c1-3-20(4-2)24(21,22)18-13-16(19-9-11-23-12-10-19)14-7-5-6-8-15(14)17/h5-8,16,18H,3-4,9-13H2,1-2H3. The minimum absolute atomic E-state index is 0.118. The van der Waals surface area contributed by atoms with Gasteiger partial charge in [0.15, 0.2) is 0 Å². The highest BCUT2D eigenvalue weighted by Crippen LogP contribution is 2.28. The Balaban J connectivity index is 2.19. The van der Waals surface area contributed by atoms with Gasteiger partial charge >= 0.3 is 0 Å². The Bertz CT molecular complexity index is 617. The van der Waals surface area contributed by atoms with E-state index in [1.807, 2.05) is 38.1 Å². The van der Waals surface area contributed by atoms with Gasteiger partial charge in [0.2, 0.25) is 0 Å². The molecule has 1 N–H and O–H groups in total. The molecule has 0 radical (unpaired) electrons. The van der Waals surface area contributed by atoms with Gasteiger partial charge in [-0.1, -0.05) is 43.6 Å². The van der Waals surface area contributed by atoms with Gasteiger partial charge < -0.3 is 4.74 Å². The van der Waals surface area contributed by atoms with Crippen molar-refractivity contribution in [3.63, 3.8) is 0 Å². The van der Waals surface area contributed by atoms with E-state index in [1.54, 1.807) is 0 Å². The van der Waals surface area contributed by atoms with Gasteiger partial charge in [0.05, 0.1) is 19.3 Å². The molecule has 0 spiro atoms. The maximum Gasteiger partial charge on any atom is 0.279 e. The highest BCUT2D eigenvalue weighted by atomic mass is 35.5. The van der Waals surface area contributed by atoms with Gasteiger partial charge in [0.25, 0.3) is 10.2 Å². The Morgan fingerprint density at radius 3 is 2.46 bits per heavy atom. The zero-order chi connectivity index (χ0) is 17.6. The fourth-order valence-corrected chi connectivity index (χ4v) is 4.40. The Hall–Kier alpha value is -0.700. The Morgan fingerprint density at radius 1 is 1.25 bits per heavy atom. The number of nitrogens with zero attached hydrogens (tertiary/aromatic N) is 2. The number of nitrogens with one attached hydrogen (secondary N) is 1. The van der Waals surface area contributed by atoms with E-state index in [-0.39, 0.29) is 12.6 Å². The molecule has 0 amide bonds. The highest BCUT2D eigenvalue weighted by molar-refractivity contribution is 7.87. The zero-order valence-electron chi connectivity index (χ0n) is 14.2. The molecular formula is C16H26ClN3O3S. The summed E-state index contributed by atoms with van der Waals surface area (Å²) in [6.07, 6.45) is 0. The molecule has 1 fully saturated rings. The first kappa shape index (κ1) is 19.6. The van der Waals surface area contributed by atoms with Gasteiger partial charge in [-0.3, -0.25) is 4.90 Å². The largest absolute Gasteiger partial charge is 0.379 e. The van der Waals surface area contributed by atoms with Gasteiger partial charge in [-0.05, 0) is 11.6 Å². The predicted octanol–water partition coefficient (Wildman–Crippen LogP) is 1.89. The van der Waals surface area contributed by atoms with E-state index >= 15 is 0 Å². The van der Waals surface area contributed by atoms with Crippen LogP contribution in [0.3, 0.4) is 0 Å². The molecule has 1 aliphatic rings. The van der Waals surface area contributed by atoms with Crippen LogP contribution >= 0.6 is 11.6 Å². The number of rotatable bonds is 8. The third kappa shape index (κ3) is 4.91. The van der Waals surface area contributed by atoms with Crippen molar-refractivity contribution in [3.05, 3.63) is 34.9 Å². The van der Waals surface area contributed by atoms with E-state index in [2.05, 4.69) is 9.62 Å². The average Bonchev–Trinajstić information content (AvgIpc) is 2.58. The summed E-state index contributed by atoms with van der Waals surface area (Å²) < 4.78 is 34.4. The first-order valence-corrected chi connectivity index (χ1v) is 10.1. The number of hydrogen-bond acceptors (Lipinski definition) is 4. The van der Waals surface area contributed by atoms with Crippen LogP contribution in [0.25, 0.3) is 0 Å². The van der Waals surface area contributed by atoms with E-state index in [0.29, 0.717) is 31.3 Å². The van der Waals surface area contributed by atoms with Crippen LogP contribution in [0.2, 0.25) is 5.02 Å². The number of ether oxygens (including phenoxy) is 1. The molecule has 1 aliphatic heterocycles. The summed E-state index contributed by atoms with van der Waals surface area (Å²) in [6, 6.07) is 7.47. The highest BCUT2D eigenvalue weighted by Gasteiger charge is 2.27. The fourth-order valence-electron chi connectivity index (χ4n) is 2.91. The molecule has 136 valence electrons. The second kappa shape index (κ2) is 9.12. The van der Waals surface area contributed by atoms with Gasteiger partial charge in [0.1, 0.15) is 0 Å². The molecule has 1 aromatic rings. The van der Waals surface area contributed by atoms with Crippen molar-refractivity contribution in [2.75, 3.05) is 45.9 Å². The zero-order valence-corrected chi connectivity index (χ0v) is 15.8. The smallest absolute Gasteiger partial charge is 0.279 e. The van der Waals surface area contributed by atoms with Crippen LogP contribution in [-0.2, 0) is 14.9 Å². The predicted molar refractivity (Wildman–Crippen MR) is 96.4 cm³/mol. The van der Waals surface area contributed by atoms with Gasteiger partial charge in [0, 0.05) is 37.7 Å². The van der Waals surface area contributed by atoms with Crippen molar-refractivity contribution in [3.8, 4) is 0 Å². The third-order valence-corrected chi connectivity index (χ3v) is 6.33. The van der Waals surface area contributed by atoms with Crippen LogP contribution in [0, 0.1) is 0 Å². The normalized spacial score (nSPS) is 18.0. The molecule has 0 aromatic heterocycles. The molecule has 8 heteroatoms. The summed E-state index contributed by atoms with van der Waals surface area (Å²) >= 11 is 6.36. The molecule has 0 aliphatic carbocycles. The molecule has 0 saturated carbocycles. The van der Waals surface area contributed by atoms with Crippen LogP contribution in [0.15, 0.2) is 24.3 Å². The number of hydrogen-bond donors (Lipinski definition) is 1. The van der Waals surface area contributed by atoms with Crippen molar-refractivity contribution in [1.82, 2.24) is 13.9 Å². The summed E-state index contributed by atoms with van der Waals surface area (Å²) in [4.78, 5) is 2.22. The molecular weight excluding hydrogens is 350 g/mol. The number of halogens is 1. The van der Waals surface area contributed by atoms with Crippen molar-refractivity contribution in [2.45, 2.75) is 19.9 Å². The summed E-state index contributed by atoms with van der Waals surface area (Å²) in [5, 5.41) is 0.649. The van der Waals surface area contributed by atoms with Crippen molar-refractivity contribution < 1.29 is 13.2 Å². The molecule has 1 unspecified atom stereocenters. The molecule has 2 rings (SSSR count). The van der Waals surface area contributed by atoms with E-state index in [0.717, 1.165) is 18.7 Å². The minimum Gasteiger partial charge on any atom is -0.379 e. The van der Waals surface area contributed by atoms with Crippen molar-refractivity contribution in [1.29, 1.82) is 0 Å². The maximum absolute atomic E-state index is 12.4. The van der Waals surface area contributed by atoms with Crippen LogP contribution < -0.4 is 4.72 Å². The Morgan fingerprint density at radius 2 is 1.88 bits per heavy atom. The number of morpholine rings is 1. The van der Waals surface area contributed by atoms with Crippen LogP contribution in [0.4, 0.5) is 0 Å². The van der Waals surface area contributed by atoms with Crippen LogP contribution in [-0.4, -0.2) is 63.6 Å². The first-order chi connectivity index (χ1) is 11.5. The van der Waals surface area contributed by atoms with Crippen molar-refractivity contribution >= 4 is 21.8 Å². The molecule has 6 nitrogen and oxygen atoms in total. The summed E-state index contributed by atoms with van der Waals surface area (Å²) in [7, 11) is -3.49. The molecule has 24 heavy (non-hydrogen) atoms. The lowest BCUT2D eigenvalue weighted by Gasteiger charge is -2.35. The van der Waals surface area contributed by atoms with Gasteiger partial charge in [-0.2, -0.15) is 12.7 Å². The third-order valence-electron chi connectivity index (χ3n) is 4.26. The summed E-state index contributed by atoms with van der Waals surface area (Å²) in [5.74, 6) is 0. The van der Waals surface area contributed by atoms with Crippen LogP contribution in [0.1, 0.15) is 25.5 Å². The number of benzene rings is 1. The first-order valence-electron chi connectivity index (χ1n) is 8.30. The minimum atomic E-state index is -3.49.